The number of para-hydroxylation sites is 1. The summed E-state index contributed by atoms with van der Waals surface area (Å²) in [5, 5.41) is 9.84. The van der Waals surface area contributed by atoms with Gasteiger partial charge in [0.25, 0.3) is 5.91 Å². The Balaban J connectivity index is 1.43. The highest BCUT2D eigenvalue weighted by molar-refractivity contribution is 7.14. The summed E-state index contributed by atoms with van der Waals surface area (Å²) in [7, 11) is 0. The predicted octanol–water partition coefficient (Wildman–Crippen LogP) is 2.29. The van der Waals surface area contributed by atoms with Gasteiger partial charge in [-0.25, -0.2) is 4.98 Å². The van der Waals surface area contributed by atoms with Gasteiger partial charge in [-0.3, -0.25) is 19.7 Å². The van der Waals surface area contributed by atoms with Gasteiger partial charge in [0, 0.05) is 11.1 Å². The zero-order chi connectivity index (χ0) is 19.1. The Morgan fingerprint density at radius 1 is 1.00 bits per heavy atom. The lowest BCUT2D eigenvalue weighted by molar-refractivity contribution is -0.123. The molecule has 0 unspecified atom stereocenters. The SMILES string of the molecule is O=C(Cc1csc(NC(=O)c2ccco2)n1)NCC(=O)Nc1ccccc1. The summed E-state index contributed by atoms with van der Waals surface area (Å²) in [6.45, 7) is -0.139. The normalized spacial score (nSPS) is 10.2. The highest BCUT2D eigenvalue weighted by atomic mass is 32.1. The van der Waals surface area contributed by atoms with Crippen molar-refractivity contribution in [3.8, 4) is 0 Å². The number of nitrogens with zero attached hydrogens (tertiary/aromatic N) is 1. The molecule has 0 aliphatic heterocycles. The average Bonchev–Trinajstić information content (AvgIpc) is 3.33. The molecule has 0 radical (unpaired) electrons. The number of amides is 3. The molecule has 3 N–H and O–H groups in total. The molecule has 0 atom stereocenters. The fraction of sp³-hybridized carbons (Fsp3) is 0.111. The molecule has 3 aromatic rings. The van der Waals surface area contributed by atoms with Gasteiger partial charge in [0.2, 0.25) is 11.8 Å². The van der Waals surface area contributed by atoms with Gasteiger partial charge >= 0.3 is 0 Å². The van der Waals surface area contributed by atoms with Crippen LogP contribution in [0.1, 0.15) is 16.2 Å². The molecule has 0 saturated carbocycles. The fourth-order valence-electron chi connectivity index (χ4n) is 2.14. The number of hydrogen-bond acceptors (Lipinski definition) is 6. The molecule has 138 valence electrons. The molecule has 3 amide bonds. The zero-order valence-corrected chi connectivity index (χ0v) is 14.9. The molecule has 1 aromatic carbocycles. The summed E-state index contributed by atoms with van der Waals surface area (Å²) in [4.78, 5) is 39.8. The molecule has 0 saturated heterocycles. The first-order valence-electron chi connectivity index (χ1n) is 8.01. The maximum absolute atomic E-state index is 12.0. The molecule has 8 nitrogen and oxygen atoms in total. The first-order valence-corrected chi connectivity index (χ1v) is 8.89. The van der Waals surface area contributed by atoms with Crippen LogP contribution in [0, 0.1) is 0 Å². The number of anilines is 2. The minimum Gasteiger partial charge on any atom is -0.459 e. The lowest BCUT2D eigenvalue weighted by Gasteiger charge is -2.06. The summed E-state index contributed by atoms with van der Waals surface area (Å²) in [5.74, 6) is -0.900. The maximum atomic E-state index is 12.0. The van der Waals surface area contributed by atoms with E-state index in [1.54, 1.807) is 35.7 Å². The molecule has 0 fully saturated rings. The third kappa shape index (κ3) is 5.51. The minimum atomic E-state index is -0.414. The molecule has 0 aliphatic carbocycles. The highest BCUT2D eigenvalue weighted by Crippen LogP contribution is 2.17. The van der Waals surface area contributed by atoms with Gasteiger partial charge in [0.15, 0.2) is 10.9 Å². The molecule has 0 bridgehead atoms. The van der Waals surface area contributed by atoms with Crippen molar-refractivity contribution in [2.24, 2.45) is 0 Å². The van der Waals surface area contributed by atoms with E-state index in [1.807, 2.05) is 6.07 Å². The van der Waals surface area contributed by atoms with Crippen molar-refractivity contribution in [2.45, 2.75) is 6.42 Å². The average molecular weight is 384 g/mol. The number of benzene rings is 1. The van der Waals surface area contributed by atoms with Crippen LogP contribution in [0.25, 0.3) is 0 Å². The van der Waals surface area contributed by atoms with Crippen LogP contribution in [-0.4, -0.2) is 29.3 Å². The first kappa shape index (κ1) is 18.3. The van der Waals surface area contributed by atoms with E-state index in [9.17, 15) is 14.4 Å². The van der Waals surface area contributed by atoms with Crippen molar-refractivity contribution >= 4 is 39.9 Å². The van der Waals surface area contributed by atoms with Crippen LogP contribution in [0.5, 0.6) is 0 Å². The molecule has 0 spiro atoms. The van der Waals surface area contributed by atoms with E-state index < -0.39 is 5.91 Å². The molecule has 27 heavy (non-hydrogen) atoms. The second-order valence-electron chi connectivity index (χ2n) is 5.44. The van der Waals surface area contributed by atoms with Gasteiger partial charge in [-0.1, -0.05) is 18.2 Å². The van der Waals surface area contributed by atoms with Gasteiger partial charge < -0.3 is 15.1 Å². The van der Waals surface area contributed by atoms with Gasteiger partial charge in [-0.15, -0.1) is 11.3 Å². The van der Waals surface area contributed by atoms with Crippen LogP contribution in [0.2, 0.25) is 0 Å². The summed E-state index contributed by atoms with van der Waals surface area (Å²) >= 11 is 1.20. The molecular formula is C18H16N4O4S. The van der Waals surface area contributed by atoms with Crippen LogP contribution in [-0.2, 0) is 16.0 Å². The van der Waals surface area contributed by atoms with Crippen LogP contribution in [0.15, 0.2) is 58.5 Å². The second kappa shape index (κ2) is 8.77. The van der Waals surface area contributed by atoms with E-state index >= 15 is 0 Å². The van der Waals surface area contributed by atoms with Crippen LogP contribution in [0.4, 0.5) is 10.8 Å². The Morgan fingerprint density at radius 3 is 2.56 bits per heavy atom. The molecular weight excluding hydrogens is 368 g/mol. The molecule has 0 aliphatic rings. The predicted molar refractivity (Wildman–Crippen MR) is 101 cm³/mol. The zero-order valence-electron chi connectivity index (χ0n) is 14.1. The topological polar surface area (TPSA) is 113 Å². The number of carbonyl (C=O) groups excluding carboxylic acids is 3. The largest absolute Gasteiger partial charge is 0.459 e. The first-order chi connectivity index (χ1) is 13.1. The van der Waals surface area contributed by atoms with Gasteiger partial charge in [0.1, 0.15) is 0 Å². The molecule has 2 heterocycles. The van der Waals surface area contributed by atoms with Gasteiger partial charge in [-0.05, 0) is 24.3 Å². The van der Waals surface area contributed by atoms with E-state index in [1.165, 1.54) is 23.7 Å². The fourth-order valence-corrected chi connectivity index (χ4v) is 2.85. The maximum Gasteiger partial charge on any atom is 0.293 e. The minimum absolute atomic E-state index is 0.00569. The second-order valence-corrected chi connectivity index (χ2v) is 6.30. The summed E-state index contributed by atoms with van der Waals surface area (Å²) in [5.41, 5.74) is 1.16. The lowest BCUT2D eigenvalue weighted by atomic mass is 10.3. The van der Waals surface area contributed by atoms with Crippen LogP contribution < -0.4 is 16.0 Å². The number of nitrogens with one attached hydrogen (secondary N) is 3. The third-order valence-electron chi connectivity index (χ3n) is 3.36. The van der Waals surface area contributed by atoms with E-state index in [0.717, 1.165) is 0 Å². The van der Waals surface area contributed by atoms with Crippen molar-refractivity contribution < 1.29 is 18.8 Å². The Bertz CT molecular complexity index is 922. The third-order valence-corrected chi connectivity index (χ3v) is 4.17. The highest BCUT2D eigenvalue weighted by Gasteiger charge is 2.13. The van der Waals surface area contributed by atoms with Crippen molar-refractivity contribution in [1.82, 2.24) is 10.3 Å². The number of aromatic nitrogens is 1. The number of carbonyl (C=O) groups is 3. The summed E-state index contributed by atoms with van der Waals surface area (Å²) < 4.78 is 5.00. The molecule has 3 rings (SSSR count). The number of furan rings is 1. The molecule has 2 aromatic heterocycles. The summed E-state index contributed by atoms with van der Waals surface area (Å²) in [6.07, 6.45) is 1.41. The lowest BCUT2D eigenvalue weighted by Crippen LogP contribution is -2.33. The Kier molecular flexibility index (Phi) is 5.95. The Morgan fingerprint density at radius 2 is 1.81 bits per heavy atom. The van der Waals surface area contributed by atoms with Crippen LogP contribution in [0.3, 0.4) is 0 Å². The van der Waals surface area contributed by atoms with Crippen molar-refractivity contribution in [3.63, 3.8) is 0 Å². The number of thiazole rings is 1. The van der Waals surface area contributed by atoms with E-state index in [4.69, 9.17) is 4.42 Å². The Labute approximate surface area is 158 Å². The van der Waals surface area contributed by atoms with Gasteiger partial charge in [0.05, 0.1) is 24.9 Å². The van der Waals surface area contributed by atoms with E-state index in [2.05, 4.69) is 20.9 Å². The number of rotatable bonds is 7. The van der Waals surface area contributed by atoms with Crippen LogP contribution >= 0.6 is 11.3 Å². The standard InChI is InChI=1S/C18H16N4O4S/c23-15(19-10-16(24)20-12-5-2-1-3-6-12)9-13-11-27-18(21-13)22-17(25)14-7-4-8-26-14/h1-8,11H,9-10H2,(H,19,23)(H,20,24)(H,21,22,25). The Hall–Kier alpha value is -3.46. The van der Waals surface area contributed by atoms with E-state index in [0.29, 0.717) is 16.5 Å². The molecule has 9 heteroatoms. The monoisotopic (exact) mass is 384 g/mol. The summed E-state index contributed by atoms with van der Waals surface area (Å²) in [6, 6.07) is 12.1. The van der Waals surface area contributed by atoms with Crippen molar-refractivity contribution in [1.29, 1.82) is 0 Å². The number of hydrogen-bond donors (Lipinski definition) is 3. The van der Waals surface area contributed by atoms with Crippen molar-refractivity contribution in [3.05, 3.63) is 65.6 Å². The smallest absolute Gasteiger partial charge is 0.293 e. The quantitative estimate of drug-likeness (QED) is 0.578. The van der Waals surface area contributed by atoms with Crippen molar-refractivity contribution in [2.75, 3.05) is 17.2 Å². The van der Waals surface area contributed by atoms with Gasteiger partial charge in [-0.2, -0.15) is 0 Å². The van der Waals surface area contributed by atoms with E-state index in [-0.39, 0.29) is 30.5 Å².